The Bertz CT molecular complexity index is 840. The van der Waals surface area contributed by atoms with Crippen LogP contribution in [0.25, 0.3) is 0 Å². The molecule has 7 nitrogen and oxygen atoms in total. The van der Waals surface area contributed by atoms with Gasteiger partial charge in [-0.2, -0.15) is 0 Å². The second-order valence-corrected chi connectivity index (χ2v) is 9.83. The minimum atomic E-state index is -0.129. The number of nitrogens with one attached hydrogen (secondary N) is 1. The number of hydrogen-bond donors (Lipinski definition) is 1. The van der Waals surface area contributed by atoms with E-state index < -0.39 is 0 Å². The molecule has 4 heterocycles. The van der Waals surface area contributed by atoms with Crippen LogP contribution in [0, 0.1) is 18.8 Å². The average Bonchev–Trinajstić information content (AvgIpc) is 3.41. The molecule has 2 atom stereocenters. The molecule has 1 N–H and O–H groups in total. The van der Waals surface area contributed by atoms with Crippen LogP contribution in [0.4, 0.5) is 0 Å². The number of hydrogen-bond acceptors (Lipinski definition) is 6. The van der Waals surface area contributed by atoms with Gasteiger partial charge >= 0.3 is 0 Å². The fourth-order valence-corrected chi connectivity index (χ4v) is 5.04. The Labute approximate surface area is 176 Å². The molecule has 2 aliphatic rings. The highest BCUT2D eigenvalue weighted by Crippen LogP contribution is 2.25. The molecule has 4 rings (SSSR count). The molecule has 1 fully saturated rings. The van der Waals surface area contributed by atoms with Crippen molar-refractivity contribution in [3.63, 3.8) is 0 Å². The van der Waals surface area contributed by atoms with Crippen molar-refractivity contribution in [2.75, 3.05) is 26.3 Å². The van der Waals surface area contributed by atoms with Crippen molar-refractivity contribution in [1.29, 1.82) is 0 Å². The summed E-state index contributed by atoms with van der Waals surface area (Å²) in [7, 11) is 0. The molecule has 0 aliphatic carbocycles. The zero-order valence-electron chi connectivity index (χ0n) is 17.6. The molecule has 29 heavy (non-hydrogen) atoms. The summed E-state index contributed by atoms with van der Waals surface area (Å²) in [5.41, 5.74) is 0. The highest BCUT2D eigenvalue weighted by Gasteiger charge is 2.31. The van der Waals surface area contributed by atoms with Crippen molar-refractivity contribution >= 4 is 17.2 Å². The first-order valence-electron chi connectivity index (χ1n) is 10.6. The summed E-state index contributed by atoms with van der Waals surface area (Å²) in [6.07, 6.45) is 1.68. The minimum absolute atomic E-state index is 0.0486. The Kier molecular flexibility index (Phi) is 6.32. The summed E-state index contributed by atoms with van der Waals surface area (Å²) in [6.45, 7) is 11.4. The van der Waals surface area contributed by atoms with Gasteiger partial charge in [0.25, 0.3) is 0 Å². The standard InChI is InChI=1S/C21H31N5O2S/c1-14(2)19(22-21(27)16-7-11-28-13-16)20-24-23-18-6-8-25(9-10-26(18)20)12-17-5-4-15(3)29-17/h4-5,14,16,19H,6-13H2,1-3H3,(H,22,27)/t16-,19-/m0/s1. The first-order chi connectivity index (χ1) is 14.0. The lowest BCUT2D eigenvalue weighted by Gasteiger charge is -2.24. The highest BCUT2D eigenvalue weighted by molar-refractivity contribution is 7.11. The number of rotatable bonds is 6. The molecule has 0 aromatic carbocycles. The number of aromatic nitrogens is 3. The number of ether oxygens (including phenoxy) is 1. The molecule has 1 saturated heterocycles. The number of thiophene rings is 1. The fraction of sp³-hybridized carbons (Fsp3) is 0.667. The van der Waals surface area contributed by atoms with E-state index in [-0.39, 0.29) is 23.8 Å². The lowest BCUT2D eigenvalue weighted by atomic mass is 10.0. The van der Waals surface area contributed by atoms with Crippen LogP contribution in [-0.4, -0.2) is 51.9 Å². The SMILES string of the molecule is Cc1ccc(CN2CCc3nnc([C@@H](NC(=O)[C@H]4CCOC4)C(C)C)n3CC2)s1. The topological polar surface area (TPSA) is 72.3 Å². The van der Waals surface area contributed by atoms with Gasteiger partial charge < -0.3 is 14.6 Å². The van der Waals surface area contributed by atoms with Crippen molar-refractivity contribution in [1.82, 2.24) is 25.0 Å². The van der Waals surface area contributed by atoms with Crippen LogP contribution in [0.2, 0.25) is 0 Å². The minimum Gasteiger partial charge on any atom is -0.381 e. The molecule has 8 heteroatoms. The Morgan fingerprint density at radius 2 is 2.17 bits per heavy atom. The Morgan fingerprint density at radius 1 is 1.31 bits per heavy atom. The third-order valence-corrected chi connectivity index (χ3v) is 6.85. The molecule has 2 aromatic heterocycles. The van der Waals surface area contributed by atoms with Gasteiger partial charge in [0.15, 0.2) is 5.82 Å². The molecular formula is C21H31N5O2S. The van der Waals surface area contributed by atoms with Crippen LogP contribution in [0.3, 0.4) is 0 Å². The van der Waals surface area contributed by atoms with Gasteiger partial charge in [0, 0.05) is 49.0 Å². The fourth-order valence-electron chi connectivity index (χ4n) is 4.11. The van der Waals surface area contributed by atoms with Gasteiger partial charge in [-0.1, -0.05) is 13.8 Å². The third kappa shape index (κ3) is 4.70. The molecule has 158 valence electrons. The maximum Gasteiger partial charge on any atom is 0.226 e. The average molecular weight is 418 g/mol. The van der Waals surface area contributed by atoms with E-state index in [1.165, 1.54) is 9.75 Å². The van der Waals surface area contributed by atoms with Crippen molar-refractivity contribution in [2.24, 2.45) is 11.8 Å². The number of carbonyl (C=O) groups excluding carboxylic acids is 1. The number of amides is 1. The van der Waals surface area contributed by atoms with Gasteiger partial charge in [0.05, 0.1) is 18.6 Å². The first kappa shape index (κ1) is 20.5. The molecule has 0 radical (unpaired) electrons. The van der Waals surface area contributed by atoms with Gasteiger partial charge in [0.2, 0.25) is 5.91 Å². The monoisotopic (exact) mass is 417 g/mol. The zero-order valence-corrected chi connectivity index (χ0v) is 18.4. The van der Waals surface area contributed by atoms with E-state index in [9.17, 15) is 4.79 Å². The predicted molar refractivity (Wildman–Crippen MR) is 113 cm³/mol. The lowest BCUT2D eigenvalue weighted by molar-refractivity contribution is -0.126. The van der Waals surface area contributed by atoms with Gasteiger partial charge in [-0.15, -0.1) is 21.5 Å². The largest absolute Gasteiger partial charge is 0.381 e. The van der Waals surface area contributed by atoms with Gasteiger partial charge in [0.1, 0.15) is 5.82 Å². The van der Waals surface area contributed by atoms with E-state index >= 15 is 0 Å². The smallest absolute Gasteiger partial charge is 0.226 e. The summed E-state index contributed by atoms with van der Waals surface area (Å²) in [5.74, 6) is 2.17. The second-order valence-electron chi connectivity index (χ2n) is 8.46. The zero-order chi connectivity index (χ0) is 20.4. The Morgan fingerprint density at radius 3 is 2.86 bits per heavy atom. The molecule has 0 saturated carbocycles. The molecule has 0 bridgehead atoms. The van der Waals surface area contributed by atoms with Gasteiger partial charge in [-0.05, 0) is 31.4 Å². The molecule has 1 amide bonds. The van der Waals surface area contributed by atoms with Crippen molar-refractivity contribution in [3.8, 4) is 0 Å². The quantitative estimate of drug-likeness (QED) is 0.782. The normalized spacial score (nSPS) is 21.2. The van der Waals surface area contributed by atoms with Crippen LogP contribution < -0.4 is 5.32 Å². The number of carbonyl (C=O) groups is 1. The maximum atomic E-state index is 12.7. The number of nitrogens with zero attached hydrogens (tertiary/aromatic N) is 4. The van der Waals surface area contributed by atoms with Crippen LogP contribution >= 0.6 is 11.3 Å². The van der Waals surface area contributed by atoms with Gasteiger partial charge in [-0.3, -0.25) is 9.69 Å². The Hall–Kier alpha value is -1.77. The van der Waals surface area contributed by atoms with E-state index in [4.69, 9.17) is 4.74 Å². The maximum absolute atomic E-state index is 12.7. The van der Waals surface area contributed by atoms with E-state index in [0.29, 0.717) is 13.2 Å². The Balaban J connectivity index is 1.46. The van der Waals surface area contributed by atoms with Crippen molar-refractivity contribution < 1.29 is 9.53 Å². The second kappa shape index (κ2) is 8.93. The predicted octanol–water partition coefficient (Wildman–Crippen LogP) is 2.56. The van der Waals surface area contributed by atoms with E-state index in [1.807, 2.05) is 11.3 Å². The summed E-state index contributed by atoms with van der Waals surface area (Å²) in [4.78, 5) is 17.9. The molecule has 0 unspecified atom stereocenters. The van der Waals surface area contributed by atoms with Gasteiger partial charge in [-0.25, -0.2) is 0 Å². The summed E-state index contributed by atoms with van der Waals surface area (Å²) in [6, 6.07) is 4.29. The van der Waals surface area contributed by atoms with E-state index in [2.05, 4.69) is 57.9 Å². The molecule has 0 spiro atoms. The van der Waals surface area contributed by atoms with Crippen LogP contribution in [0.1, 0.15) is 47.7 Å². The van der Waals surface area contributed by atoms with Crippen molar-refractivity contribution in [2.45, 2.75) is 52.7 Å². The highest BCUT2D eigenvalue weighted by atomic mass is 32.1. The van der Waals surface area contributed by atoms with Crippen LogP contribution in [0.5, 0.6) is 0 Å². The summed E-state index contributed by atoms with van der Waals surface area (Å²) in [5, 5.41) is 12.2. The lowest BCUT2D eigenvalue weighted by Crippen LogP contribution is -2.38. The van der Waals surface area contributed by atoms with Crippen molar-refractivity contribution in [3.05, 3.63) is 33.5 Å². The first-order valence-corrected chi connectivity index (χ1v) is 11.4. The number of fused-ring (bicyclic) bond motifs is 1. The molecule has 2 aliphatic heterocycles. The van der Waals surface area contributed by atoms with Crippen LogP contribution in [0.15, 0.2) is 12.1 Å². The van der Waals surface area contributed by atoms with E-state index in [0.717, 1.165) is 50.7 Å². The van der Waals surface area contributed by atoms with E-state index in [1.54, 1.807) is 0 Å². The van der Waals surface area contributed by atoms with Crippen LogP contribution in [-0.2, 0) is 29.0 Å². The summed E-state index contributed by atoms with van der Waals surface area (Å²) >= 11 is 1.87. The molecule has 2 aromatic rings. The summed E-state index contributed by atoms with van der Waals surface area (Å²) < 4.78 is 7.61. The number of aryl methyl sites for hydroxylation is 1. The molecular weight excluding hydrogens is 386 g/mol. The third-order valence-electron chi connectivity index (χ3n) is 5.87.